The number of alkyl halides is 3. The summed E-state index contributed by atoms with van der Waals surface area (Å²) in [4.78, 5) is 21.8. The number of nitrogens with one attached hydrogen (secondary N) is 1. The Balaban J connectivity index is 1.34. The molecule has 34 heavy (non-hydrogen) atoms. The fourth-order valence-corrected chi connectivity index (χ4v) is 5.73. The number of thiazole rings is 1. The number of likely N-dealkylation sites (tertiary alicyclic amines) is 1. The molecule has 0 spiro atoms. The molecule has 180 valence electrons. The van der Waals surface area contributed by atoms with Gasteiger partial charge in [-0.2, -0.15) is 13.2 Å². The van der Waals surface area contributed by atoms with Crippen molar-refractivity contribution in [1.82, 2.24) is 9.88 Å². The Morgan fingerprint density at radius 1 is 1.15 bits per heavy atom. The van der Waals surface area contributed by atoms with Crippen molar-refractivity contribution in [3.63, 3.8) is 0 Å². The molecular weight excluding hydrogens is 465 g/mol. The van der Waals surface area contributed by atoms with Gasteiger partial charge < -0.3 is 15.0 Å². The van der Waals surface area contributed by atoms with Crippen molar-refractivity contribution in [2.75, 3.05) is 49.6 Å². The van der Waals surface area contributed by atoms with Crippen LogP contribution in [0.1, 0.15) is 29.5 Å². The monoisotopic (exact) mass is 490 g/mol. The van der Waals surface area contributed by atoms with Gasteiger partial charge in [0.15, 0.2) is 0 Å². The summed E-state index contributed by atoms with van der Waals surface area (Å²) in [5.74, 6) is -0.332. The van der Waals surface area contributed by atoms with Gasteiger partial charge in [0.1, 0.15) is 5.01 Å². The number of amides is 1. The molecule has 5 rings (SSSR count). The maximum absolute atomic E-state index is 13.4. The minimum Gasteiger partial charge on any atom is -0.378 e. The van der Waals surface area contributed by atoms with Gasteiger partial charge in [0.2, 0.25) is 5.91 Å². The molecule has 2 aromatic carbocycles. The zero-order chi connectivity index (χ0) is 23.7. The highest BCUT2D eigenvalue weighted by molar-refractivity contribution is 7.18. The molecule has 3 heterocycles. The van der Waals surface area contributed by atoms with Gasteiger partial charge in [-0.3, -0.25) is 9.69 Å². The van der Waals surface area contributed by atoms with E-state index in [2.05, 4.69) is 10.2 Å². The van der Waals surface area contributed by atoms with Crippen LogP contribution in [0.4, 0.5) is 24.5 Å². The number of carbonyl (C=O) groups excluding carboxylic acids is 1. The predicted molar refractivity (Wildman–Crippen MR) is 126 cm³/mol. The van der Waals surface area contributed by atoms with Crippen LogP contribution in [0.5, 0.6) is 0 Å². The first-order valence-electron chi connectivity index (χ1n) is 11.3. The lowest BCUT2D eigenvalue weighted by Gasteiger charge is -2.31. The topological polar surface area (TPSA) is 57.7 Å². The van der Waals surface area contributed by atoms with E-state index in [-0.39, 0.29) is 24.2 Å². The zero-order valence-corrected chi connectivity index (χ0v) is 19.3. The number of nitrogens with zero attached hydrogens (tertiary/aromatic N) is 3. The van der Waals surface area contributed by atoms with Crippen LogP contribution < -0.4 is 10.2 Å². The third kappa shape index (κ3) is 4.89. The van der Waals surface area contributed by atoms with Gasteiger partial charge in [0.05, 0.1) is 53.0 Å². The number of para-hydroxylation sites is 1. The van der Waals surface area contributed by atoms with Crippen LogP contribution in [0.15, 0.2) is 42.5 Å². The van der Waals surface area contributed by atoms with Crippen LogP contribution in [0, 0.1) is 0 Å². The summed E-state index contributed by atoms with van der Waals surface area (Å²) in [5.41, 5.74) is 0.914. The second kappa shape index (κ2) is 9.52. The molecule has 1 N–H and O–H groups in total. The van der Waals surface area contributed by atoms with Gasteiger partial charge >= 0.3 is 6.18 Å². The molecule has 2 aliphatic heterocycles. The summed E-state index contributed by atoms with van der Waals surface area (Å²) < 4.78 is 46.6. The molecule has 0 radical (unpaired) electrons. The van der Waals surface area contributed by atoms with Crippen molar-refractivity contribution in [3.8, 4) is 0 Å². The first-order valence-corrected chi connectivity index (χ1v) is 12.1. The third-order valence-corrected chi connectivity index (χ3v) is 7.39. The Morgan fingerprint density at radius 3 is 2.71 bits per heavy atom. The average molecular weight is 491 g/mol. The van der Waals surface area contributed by atoms with Gasteiger partial charge in [-0.15, -0.1) is 11.3 Å². The van der Waals surface area contributed by atoms with Crippen molar-refractivity contribution < 1.29 is 22.7 Å². The Kier molecular flexibility index (Phi) is 6.46. The van der Waals surface area contributed by atoms with Gasteiger partial charge in [-0.25, -0.2) is 4.98 Å². The number of hydrogen-bond donors (Lipinski definition) is 1. The number of hydrogen-bond acceptors (Lipinski definition) is 6. The molecule has 1 atom stereocenters. The van der Waals surface area contributed by atoms with E-state index in [1.165, 1.54) is 6.07 Å². The second-order valence-electron chi connectivity index (χ2n) is 8.53. The van der Waals surface area contributed by atoms with E-state index in [9.17, 15) is 18.0 Å². The van der Waals surface area contributed by atoms with E-state index in [0.717, 1.165) is 46.7 Å². The molecule has 1 aromatic heterocycles. The molecule has 10 heteroatoms. The standard InChI is InChI=1S/C24H25F3N4O2S/c25-24(26,27)16-7-8-19(30-10-12-33-13-11-30)18(14-16)28-22(32)15-31-9-3-5-20(31)23-29-17-4-1-2-6-21(17)34-23/h1-2,4,6-8,14,20H,3,5,9-13,15H2,(H,28,32). The Labute approximate surface area is 199 Å². The Bertz CT molecular complexity index is 1140. The number of aromatic nitrogens is 1. The minimum absolute atomic E-state index is 0.0309. The van der Waals surface area contributed by atoms with Crippen LogP contribution in [0.3, 0.4) is 0 Å². The SMILES string of the molecule is O=C(CN1CCCC1c1nc2ccccc2s1)Nc1cc(C(F)(F)F)ccc1N1CCOCC1. The number of carbonyl (C=O) groups is 1. The minimum atomic E-state index is -4.49. The highest BCUT2D eigenvalue weighted by Gasteiger charge is 2.33. The van der Waals surface area contributed by atoms with E-state index >= 15 is 0 Å². The number of anilines is 2. The van der Waals surface area contributed by atoms with Gasteiger partial charge in [-0.05, 0) is 49.7 Å². The third-order valence-electron chi connectivity index (χ3n) is 6.26. The summed E-state index contributed by atoms with van der Waals surface area (Å²) in [7, 11) is 0. The molecule has 1 unspecified atom stereocenters. The smallest absolute Gasteiger partial charge is 0.378 e. The summed E-state index contributed by atoms with van der Waals surface area (Å²) in [5, 5.41) is 3.74. The van der Waals surface area contributed by atoms with E-state index in [1.807, 2.05) is 29.2 Å². The average Bonchev–Trinajstić information content (AvgIpc) is 3.45. The van der Waals surface area contributed by atoms with Crippen molar-refractivity contribution in [2.24, 2.45) is 0 Å². The van der Waals surface area contributed by atoms with E-state index in [0.29, 0.717) is 32.0 Å². The largest absolute Gasteiger partial charge is 0.416 e. The van der Waals surface area contributed by atoms with Crippen LogP contribution in [0.25, 0.3) is 10.2 Å². The van der Waals surface area contributed by atoms with Crippen molar-refractivity contribution in [1.29, 1.82) is 0 Å². The van der Waals surface area contributed by atoms with Crippen LogP contribution in [-0.4, -0.2) is 55.2 Å². The maximum atomic E-state index is 13.4. The zero-order valence-electron chi connectivity index (χ0n) is 18.5. The van der Waals surface area contributed by atoms with Crippen LogP contribution in [0.2, 0.25) is 0 Å². The number of morpholine rings is 1. The van der Waals surface area contributed by atoms with Crippen molar-refractivity contribution in [2.45, 2.75) is 25.1 Å². The summed E-state index contributed by atoms with van der Waals surface area (Å²) in [6.45, 7) is 2.93. The maximum Gasteiger partial charge on any atom is 0.416 e. The molecule has 3 aromatic rings. The molecule has 2 aliphatic rings. The molecule has 2 saturated heterocycles. The summed E-state index contributed by atoms with van der Waals surface area (Å²) >= 11 is 1.63. The molecule has 0 bridgehead atoms. The molecule has 0 aliphatic carbocycles. The molecule has 2 fully saturated rings. The number of fused-ring (bicyclic) bond motifs is 1. The van der Waals surface area contributed by atoms with Gasteiger partial charge in [0.25, 0.3) is 0 Å². The van der Waals surface area contributed by atoms with Crippen molar-refractivity contribution >= 4 is 38.8 Å². The van der Waals surface area contributed by atoms with Gasteiger partial charge in [-0.1, -0.05) is 12.1 Å². The van der Waals surface area contributed by atoms with E-state index in [4.69, 9.17) is 9.72 Å². The normalized spacial score (nSPS) is 19.6. The first-order chi connectivity index (χ1) is 16.4. The second-order valence-corrected chi connectivity index (χ2v) is 9.59. The summed E-state index contributed by atoms with van der Waals surface area (Å²) in [6, 6.07) is 11.5. The predicted octanol–water partition coefficient (Wildman–Crippen LogP) is 4.93. The van der Waals surface area contributed by atoms with Crippen LogP contribution in [-0.2, 0) is 15.7 Å². The quantitative estimate of drug-likeness (QED) is 0.550. The number of ether oxygens (including phenoxy) is 1. The van der Waals surface area contributed by atoms with Crippen molar-refractivity contribution in [3.05, 3.63) is 53.0 Å². The number of halogens is 3. The highest BCUT2D eigenvalue weighted by Crippen LogP contribution is 2.38. The molecule has 0 saturated carbocycles. The van der Waals surface area contributed by atoms with Crippen LogP contribution >= 0.6 is 11.3 Å². The lowest BCUT2D eigenvalue weighted by atomic mass is 10.1. The highest BCUT2D eigenvalue weighted by atomic mass is 32.1. The Hall–Kier alpha value is -2.69. The number of rotatable bonds is 5. The van der Waals surface area contributed by atoms with E-state index < -0.39 is 11.7 Å². The molecular formula is C24H25F3N4O2S. The fraction of sp³-hybridized carbons (Fsp3) is 0.417. The van der Waals surface area contributed by atoms with Gasteiger partial charge in [0, 0.05) is 13.1 Å². The lowest BCUT2D eigenvalue weighted by molar-refractivity contribution is -0.137. The fourth-order valence-electron chi connectivity index (χ4n) is 4.59. The van der Waals surface area contributed by atoms with E-state index in [1.54, 1.807) is 11.3 Å². The number of benzene rings is 2. The molecule has 6 nitrogen and oxygen atoms in total. The first kappa shape index (κ1) is 23.1. The molecule has 1 amide bonds. The lowest BCUT2D eigenvalue weighted by Crippen LogP contribution is -2.37. The Morgan fingerprint density at radius 2 is 1.94 bits per heavy atom. The summed E-state index contributed by atoms with van der Waals surface area (Å²) in [6.07, 6.45) is -2.65.